The number of hydrazone groups is 1. The second-order valence-corrected chi connectivity index (χ2v) is 10.3. The van der Waals surface area contributed by atoms with Crippen molar-refractivity contribution < 1.29 is 21.6 Å². The quantitative estimate of drug-likeness (QED) is 0.717. The number of hydrogen-bond donors (Lipinski definition) is 1. The second kappa shape index (κ2) is 8.03. The van der Waals surface area contributed by atoms with E-state index in [-0.39, 0.29) is 0 Å². The van der Waals surface area contributed by atoms with Crippen molar-refractivity contribution in [2.45, 2.75) is 19.4 Å². The Morgan fingerprint density at radius 1 is 1.10 bits per heavy atom. The van der Waals surface area contributed by atoms with Gasteiger partial charge in [0.1, 0.15) is 5.75 Å². The molecular formula is C19H23N3O5S2. The molecule has 0 fully saturated rings. The van der Waals surface area contributed by atoms with Crippen LogP contribution in [0.4, 0.5) is 5.69 Å². The molecule has 0 bridgehead atoms. The summed E-state index contributed by atoms with van der Waals surface area (Å²) >= 11 is 0. The van der Waals surface area contributed by atoms with Gasteiger partial charge < -0.3 is 4.74 Å². The maximum atomic E-state index is 12.4. The fourth-order valence-corrected chi connectivity index (χ4v) is 4.67. The van der Waals surface area contributed by atoms with Crippen LogP contribution in [0.1, 0.15) is 30.5 Å². The van der Waals surface area contributed by atoms with Crippen LogP contribution >= 0.6 is 0 Å². The molecule has 0 spiro atoms. The van der Waals surface area contributed by atoms with Gasteiger partial charge in [0, 0.05) is 17.7 Å². The van der Waals surface area contributed by atoms with E-state index < -0.39 is 26.1 Å². The molecule has 156 valence electrons. The Morgan fingerprint density at radius 2 is 1.83 bits per heavy atom. The van der Waals surface area contributed by atoms with Crippen molar-refractivity contribution in [1.82, 2.24) is 4.41 Å². The van der Waals surface area contributed by atoms with Crippen LogP contribution in [0.2, 0.25) is 0 Å². The van der Waals surface area contributed by atoms with E-state index in [0.717, 1.165) is 22.5 Å². The van der Waals surface area contributed by atoms with Gasteiger partial charge >= 0.3 is 0 Å². The molecular weight excluding hydrogens is 414 g/mol. The Kier molecular flexibility index (Phi) is 5.85. The van der Waals surface area contributed by atoms with Gasteiger partial charge in [0.2, 0.25) is 20.0 Å². The molecule has 8 nitrogen and oxygen atoms in total. The third-order valence-electron chi connectivity index (χ3n) is 4.29. The lowest BCUT2D eigenvalue weighted by molar-refractivity contribution is 0.317. The number of hydrogen-bond acceptors (Lipinski definition) is 6. The highest BCUT2D eigenvalue weighted by Gasteiger charge is 2.36. The monoisotopic (exact) mass is 437 g/mol. The van der Waals surface area contributed by atoms with Crippen molar-refractivity contribution in [3.05, 3.63) is 59.7 Å². The predicted octanol–water partition coefficient (Wildman–Crippen LogP) is 2.57. The smallest absolute Gasteiger partial charge is 0.247 e. The Hall–Kier alpha value is -2.59. The number of sulfonamides is 2. The lowest BCUT2D eigenvalue weighted by Crippen LogP contribution is -2.26. The molecule has 1 atom stereocenters. The summed E-state index contributed by atoms with van der Waals surface area (Å²) in [6.45, 7) is 2.32. The zero-order chi connectivity index (χ0) is 21.2. The predicted molar refractivity (Wildman–Crippen MR) is 113 cm³/mol. The molecule has 0 radical (unpaired) electrons. The van der Waals surface area contributed by atoms with Gasteiger partial charge in [0.25, 0.3) is 0 Å². The van der Waals surface area contributed by atoms with Gasteiger partial charge in [-0.1, -0.05) is 30.3 Å². The van der Waals surface area contributed by atoms with Crippen LogP contribution in [-0.2, 0) is 20.0 Å². The third-order valence-corrected chi connectivity index (χ3v) is 5.91. The fraction of sp³-hybridized carbons (Fsp3) is 0.316. The first-order valence-corrected chi connectivity index (χ1v) is 12.7. The van der Waals surface area contributed by atoms with E-state index >= 15 is 0 Å². The van der Waals surface area contributed by atoms with Crippen LogP contribution in [0.15, 0.2) is 53.6 Å². The van der Waals surface area contributed by atoms with Gasteiger partial charge in [-0.25, -0.2) is 16.8 Å². The average Bonchev–Trinajstić information content (AvgIpc) is 3.07. The van der Waals surface area contributed by atoms with Gasteiger partial charge in [0.05, 0.1) is 30.9 Å². The van der Waals surface area contributed by atoms with Crippen LogP contribution in [0.5, 0.6) is 5.75 Å². The van der Waals surface area contributed by atoms with Crippen molar-refractivity contribution in [1.29, 1.82) is 0 Å². The zero-order valence-corrected chi connectivity index (χ0v) is 18.0. The van der Waals surface area contributed by atoms with E-state index in [4.69, 9.17) is 4.74 Å². The highest BCUT2D eigenvalue weighted by molar-refractivity contribution is 7.92. The largest absolute Gasteiger partial charge is 0.494 e. The van der Waals surface area contributed by atoms with Crippen LogP contribution < -0.4 is 9.46 Å². The molecule has 1 heterocycles. The number of benzene rings is 2. The Labute approximate surface area is 171 Å². The minimum atomic E-state index is -3.63. The summed E-state index contributed by atoms with van der Waals surface area (Å²) in [6.07, 6.45) is 2.51. The molecule has 2 aromatic rings. The minimum absolute atomic E-state index is 0.333. The molecule has 1 N–H and O–H groups in total. The molecule has 2 aromatic carbocycles. The van der Waals surface area contributed by atoms with E-state index in [1.165, 1.54) is 0 Å². The van der Waals surface area contributed by atoms with Crippen molar-refractivity contribution >= 4 is 31.4 Å². The summed E-state index contributed by atoms with van der Waals surface area (Å²) in [5.74, 6) is 0.609. The normalized spacial score (nSPS) is 17.1. The zero-order valence-electron chi connectivity index (χ0n) is 16.4. The van der Waals surface area contributed by atoms with E-state index in [1.54, 1.807) is 30.3 Å². The Morgan fingerprint density at radius 3 is 2.48 bits per heavy atom. The first kappa shape index (κ1) is 21.1. The topological polar surface area (TPSA) is 105 Å². The van der Waals surface area contributed by atoms with Crippen molar-refractivity contribution in [3.8, 4) is 5.75 Å². The number of nitrogens with one attached hydrogen (secondary N) is 1. The molecule has 29 heavy (non-hydrogen) atoms. The lowest BCUT2D eigenvalue weighted by atomic mass is 9.98. The molecule has 0 saturated carbocycles. The van der Waals surface area contributed by atoms with Crippen LogP contribution in [0, 0.1) is 0 Å². The summed E-state index contributed by atoms with van der Waals surface area (Å²) < 4.78 is 57.0. The number of para-hydroxylation sites is 1. The van der Waals surface area contributed by atoms with Gasteiger partial charge in [-0.05, 0) is 30.7 Å². The minimum Gasteiger partial charge on any atom is -0.494 e. The number of nitrogens with zero attached hydrogens (tertiary/aromatic N) is 2. The van der Waals surface area contributed by atoms with Crippen LogP contribution in [0.3, 0.4) is 0 Å². The number of rotatable bonds is 7. The van der Waals surface area contributed by atoms with Gasteiger partial charge in [-0.2, -0.15) is 9.52 Å². The number of ether oxygens (including phenoxy) is 1. The average molecular weight is 438 g/mol. The van der Waals surface area contributed by atoms with Gasteiger partial charge in [-0.15, -0.1) is 0 Å². The Bertz CT molecular complexity index is 1140. The summed E-state index contributed by atoms with van der Waals surface area (Å²) in [5, 5.41) is 4.36. The molecule has 0 aliphatic carbocycles. The highest BCUT2D eigenvalue weighted by Crippen LogP contribution is 2.39. The lowest BCUT2D eigenvalue weighted by Gasteiger charge is -2.23. The molecule has 0 saturated heterocycles. The maximum absolute atomic E-state index is 12.4. The molecule has 3 rings (SSSR count). The first-order chi connectivity index (χ1) is 13.6. The van der Waals surface area contributed by atoms with Crippen LogP contribution in [-0.4, -0.2) is 46.1 Å². The molecule has 0 amide bonds. The van der Waals surface area contributed by atoms with Crippen molar-refractivity contribution in [2.24, 2.45) is 5.10 Å². The standard InChI is InChI=1S/C19H23N3O5S2/c1-4-27-19-11-6-5-10-16(19)18-13-17(20-22(18)29(3,25)26)14-8-7-9-15(12-14)21-28(2,23)24/h5-12,18,21H,4,13H2,1-3H3. The van der Waals surface area contributed by atoms with Gasteiger partial charge in [0.15, 0.2) is 0 Å². The summed E-state index contributed by atoms with van der Waals surface area (Å²) in [5.41, 5.74) is 2.30. The second-order valence-electron chi connectivity index (χ2n) is 6.73. The van der Waals surface area contributed by atoms with E-state index in [1.807, 2.05) is 25.1 Å². The summed E-state index contributed by atoms with van der Waals surface area (Å²) in [7, 11) is -7.06. The molecule has 0 aromatic heterocycles. The van der Waals surface area contributed by atoms with E-state index in [9.17, 15) is 16.8 Å². The van der Waals surface area contributed by atoms with Crippen molar-refractivity contribution in [3.63, 3.8) is 0 Å². The third kappa shape index (κ3) is 5.07. The van der Waals surface area contributed by atoms with Crippen LogP contribution in [0.25, 0.3) is 0 Å². The molecule has 10 heteroatoms. The molecule has 1 aliphatic rings. The SMILES string of the molecule is CCOc1ccccc1C1CC(c2cccc(NS(C)(=O)=O)c2)=NN1S(C)(=O)=O. The van der Waals surface area contributed by atoms with Crippen molar-refractivity contribution in [2.75, 3.05) is 23.8 Å². The highest BCUT2D eigenvalue weighted by atomic mass is 32.2. The molecule has 1 aliphatic heterocycles. The number of anilines is 1. The first-order valence-electron chi connectivity index (χ1n) is 8.95. The van der Waals surface area contributed by atoms with Gasteiger partial charge in [-0.3, -0.25) is 4.72 Å². The summed E-state index contributed by atoms with van der Waals surface area (Å²) in [4.78, 5) is 0. The van der Waals surface area contributed by atoms with E-state index in [0.29, 0.717) is 35.7 Å². The Balaban J connectivity index is 2.01. The summed E-state index contributed by atoms with van der Waals surface area (Å²) in [6, 6.07) is 13.5. The van der Waals surface area contributed by atoms with E-state index in [2.05, 4.69) is 9.82 Å². The maximum Gasteiger partial charge on any atom is 0.247 e. The fourth-order valence-electron chi connectivity index (χ4n) is 3.22. The molecule has 1 unspecified atom stereocenters.